The van der Waals surface area contributed by atoms with Gasteiger partial charge in [-0.15, -0.1) is 5.10 Å². The van der Waals surface area contributed by atoms with Crippen LogP contribution in [-0.4, -0.2) is 51.1 Å². The van der Waals surface area contributed by atoms with Crippen LogP contribution in [0.15, 0.2) is 29.0 Å². The monoisotopic (exact) mass is 316 g/mol. The molecule has 2 aromatic rings. The van der Waals surface area contributed by atoms with Crippen LogP contribution in [0.25, 0.3) is 0 Å². The van der Waals surface area contributed by atoms with E-state index in [1.165, 1.54) is 6.26 Å². The van der Waals surface area contributed by atoms with Crippen LogP contribution in [0.5, 0.6) is 0 Å². The summed E-state index contributed by atoms with van der Waals surface area (Å²) in [6.07, 6.45) is 5.34. The molecule has 1 aliphatic heterocycles. The van der Waals surface area contributed by atoms with Crippen LogP contribution in [0.4, 0.5) is 0 Å². The van der Waals surface area contributed by atoms with Crippen LogP contribution in [0.1, 0.15) is 29.1 Å². The summed E-state index contributed by atoms with van der Waals surface area (Å²) in [5.74, 6) is 0.722. The summed E-state index contributed by atoms with van der Waals surface area (Å²) in [5, 5.41) is 8.07. The van der Waals surface area contributed by atoms with Gasteiger partial charge in [0.25, 0.3) is 5.91 Å². The molecule has 1 unspecified atom stereocenters. The van der Waals surface area contributed by atoms with Gasteiger partial charge in [0.2, 0.25) is 0 Å². The van der Waals surface area contributed by atoms with Gasteiger partial charge in [0, 0.05) is 19.0 Å². The summed E-state index contributed by atoms with van der Waals surface area (Å²) in [5.41, 5.74) is 1.05. The van der Waals surface area contributed by atoms with Crippen molar-refractivity contribution in [3.63, 3.8) is 0 Å². The highest BCUT2D eigenvalue weighted by Crippen LogP contribution is 2.36. The highest BCUT2D eigenvalue weighted by Gasteiger charge is 2.45. The number of ether oxygens (including phenoxy) is 1. The maximum absolute atomic E-state index is 12.6. The topological polar surface area (TPSA) is 73.4 Å². The van der Waals surface area contributed by atoms with Gasteiger partial charge >= 0.3 is 0 Å². The molecule has 0 N–H and O–H groups in total. The number of amides is 1. The zero-order valence-electron chi connectivity index (χ0n) is 13.1. The second-order valence-corrected chi connectivity index (χ2v) is 6.27. The first-order valence-electron chi connectivity index (χ1n) is 8.05. The zero-order valence-corrected chi connectivity index (χ0v) is 13.1. The molecule has 2 fully saturated rings. The van der Waals surface area contributed by atoms with E-state index in [-0.39, 0.29) is 18.1 Å². The quantitative estimate of drug-likeness (QED) is 0.858. The van der Waals surface area contributed by atoms with Crippen molar-refractivity contribution in [1.29, 1.82) is 0 Å². The SMILES string of the molecule is Cc1cnnn1CC1CC[C@@H]2[C@@H]1OCCN2C(=O)c1ccco1. The third-order valence-electron chi connectivity index (χ3n) is 4.93. The normalized spacial score (nSPS) is 27.2. The van der Waals surface area contributed by atoms with Crippen molar-refractivity contribution in [2.45, 2.75) is 38.5 Å². The van der Waals surface area contributed by atoms with Gasteiger partial charge in [0.15, 0.2) is 5.76 Å². The number of morpholine rings is 1. The Labute approximate surface area is 134 Å². The Morgan fingerprint density at radius 1 is 1.43 bits per heavy atom. The molecule has 23 heavy (non-hydrogen) atoms. The lowest BCUT2D eigenvalue weighted by molar-refractivity contribution is -0.0657. The van der Waals surface area contributed by atoms with E-state index in [0.29, 0.717) is 24.8 Å². The second-order valence-electron chi connectivity index (χ2n) is 6.27. The van der Waals surface area contributed by atoms with Crippen LogP contribution in [-0.2, 0) is 11.3 Å². The molecule has 7 heteroatoms. The fourth-order valence-electron chi connectivity index (χ4n) is 3.76. The van der Waals surface area contributed by atoms with Gasteiger partial charge in [-0.25, -0.2) is 4.68 Å². The number of aromatic nitrogens is 3. The number of carbonyl (C=O) groups excluding carboxylic acids is 1. The van der Waals surface area contributed by atoms with Crippen LogP contribution < -0.4 is 0 Å². The van der Waals surface area contributed by atoms with E-state index < -0.39 is 0 Å². The van der Waals surface area contributed by atoms with E-state index in [0.717, 1.165) is 25.1 Å². The van der Waals surface area contributed by atoms with Crippen LogP contribution in [0, 0.1) is 12.8 Å². The standard InChI is InChI=1S/C16H20N4O3/c1-11-9-17-18-20(11)10-12-4-5-13-15(12)23-8-6-19(13)16(21)14-3-2-7-22-14/h2-3,7,9,12-13,15H,4-6,8,10H2,1H3/t12?,13-,15-/m1/s1. The average Bonchev–Trinajstić information content (AvgIpc) is 3.29. The molecule has 3 atom stereocenters. The molecule has 7 nitrogen and oxygen atoms in total. The minimum atomic E-state index is -0.0362. The highest BCUT2D eigenvalue weighted by molar-refractivity contribution is 5.91. The Hall–Kier alpha value is -2.15. The lowest BCUT2D eigenvalue weighted by atomic mass is 10.0. The molecule has 1 saturated heterocycles. The number of hydrogen-bond donors (Lipinski definition) is 0. The highest BCUT2D eigenvalue weighted by atomic mass is 16.5. The number of rotatable bonds is 3. The number of furan rings is 1. The van der Waals surface area contributed by atoms with E-state index in [9.17, 15) is 4.79 Å². The first-order valence-corrected chi connectivity index (χ1v) is 8.05. The van der Waals surface area contributed by atoms with Crippen molar-refractivity contribution in [3.05, 3.63) is 36.0 Å². The maximum Gasteiger partial charge on any atom is 0.289 e. The maximum atomic E-state index is 12.6. The third kappa shape index (κ3) is 2.55. The molecule has 0 bridgehead atoms. The molecule has 122 valence electrons. The van der Waals surface area contributed by atoms with E-state index >= 15 is 0 Å². The van der Waals surface area contributed by atoms with Gasteiger partial charge in [0.1, 0.15) is 0 Å². The molecule has 0 spiro atoms. The lowest BCUT2D eigenvalue weighted by Gasteiger charge is -2.38. The van der Waals surface area contributed by atoms with Crippen LogP contribution in [0.2, 0.25) is 0 Å². The average molecular weight is 316 g/mol. The Morgan fingerprint density at radius 2 is 2.35 bits per heavy atom. The molecule has 2 aromatic heterocycles. The number of hydrogen-bond acceptors (Lipinski definition) is 5. The van der Waals surface area contributed by atoms with Gasteiger partial charge in [-0.2, -0.15) is 0 Å². The number of fused-ring (bicyclic) bond motifs is 1. The molecule has 0 aromatic carbocycles. The van der Waals surface area contributed by atoms with Crippen LogP contribution in [0.3, 0.4) is 0 Å². The number of carbonyl (C=O) groups is 1. The molecule has 1 amide bonds. The predicted octanol–water partition coefficient (Wildman–Crippen LogP) is 1.50. The van der Waals surface area contributed by atoms with Gasteiger partial charge in [-0.3, -0.25) is 4.79 Å². The fraction of sp³-hybridized carbons (Fsp3) is 0.562. The van der Waals surface area contributed by atoms with E-state index in [2.05, 4.69) is 10.3 Å². The Kier molecular flexibility index (Phi) is 3.65. The lowest BCUT2D eigenvalue weighted by Crippen LogP contribution is -2.53. The summed E-state index contributed by atoms with van der Waals surface area (Å²) >= 11 is 0. The zero-order chi connectivity index (χ0) is 15.8. The van der Waals surface area contributed by atoms with Crippen molar-refractivity contribution in [1.82, 2.24) is 19.9 Å². The molecule has 3 heterocycles. The summed E-state index contributed by atoms with van der Waals surface area (Å²) in [7, 11) is 0. The Morgan fingerprint density at radius 3 is 3.09 bits per heavy atom. The molecule has 0 radical (unpaired) electrons. The first-order chi connectivity index (χ1) is 11.2. The van der Waals surface area contributed by atoms with Crippen molar-refractivity contribution < 1.29 is 13.9 Å². The summed E-state index contributed by atoms with van der Waals surface area (Å²) in [4.78, 5) is 14.5. The second kappa shape index (κ2) is 5.81. The van der Waals surface area contributed by atoms with Crippen molar-refractivity contribution >= 4 is 5.91 Å². The summed E-state index contributed by atoms with van der Waals surface area (Å²) in [6.45, 7) is 3.98. The minimum Gasteiger partial charge on any atom is -0.459 e. The first kappa shape index (κ1) is 14.4. The number of aryl methyl sites for hydroxylation is 1. The van der Waals surface area contributed by atoms with Gasteiger partial charge in [-0.1, -0.05) is 5.21 Å². The van der Waals surface area contributed by atoms with Crippen molar-refractivity contribution in [2.24, 2.45) is 5.92 Å². The Balaban J connectivity index is 1.50. The molecule has 4 rings (SSSR count). The van der Waals surface area contributed by atoms with E-state index in [1.807, 2.05) is 16.5 Å². The Bertz CT molecular complexity index is 681. The number of nitrogens with zero attached hydrogens (tertiary/aromatic N) is 4. The fourth-order valence-corrected chi connectivity index (χ4v) is 3.76. The van der Waals surface area contributed by atoms with Gasteiger partial charge in [0.05, 0.1) is 36.9 Å². The largest absolute Gasteiger partial charge is 0.459 e. The van der Waals surface area contributed by atoms with Crippen molar-refractivity contribution in [2.75, 3.05) is 13.2 Å². The summed E-state index contributed by atoms with van der Waals surface area (Å²) < 4.78 is 13.2. The smallest absolute Gasteiger partial charge is 0.289 e. The predicted molar refractivity (Wildman–Crippen MR) is 80.8 cm³/mol. The van der Waals surface area contributed by atoms with Gasteiger partial charge < -0.3 is 14.1 Å². The van der Waals surface area contributed by atoms with Crippen LogP contribution >= 0.6 is 0 Å². The van der Waals surface area contributed by atoms with Crippen molar-refractivity contribution in [3.8, 4) is 0 Å². The van der Waals surface area contributed by atoms with Gasteiger partial charge in [-0.05, 0) is 31.9 Å². The molecule has 1 aliphatic carbocycles. The molecular formula is C16H20N4O3. The molecule has 2 aliphatic rings. The summed E-state index contributed by atoms with van der Waals surface area (Å²) in [6, 6.07) is 3.59. The molecule has 1 saturated carbocycles. The minimum absolute atomic E-state index is 0.0362. The van der Waals surface area contributed by atoms with E-state index in [4.69, 9.17) is 9.15 Å². The van der Waals surface area contributed by atoms with E-state index in [1.54, 1.807) is 18.3 Å². The third-order valence-corrected chi connectivity index (χ3v) is 4.93. The molecular weight excluding hydrogens is 296 g/mol.